The molecule has 0 N–H and O–H groups in total. The van der Waals surface area contributed by atoms with Gasteiger partial charge in [0.2, 0.25) is 0 Å². The van der Waals surface area contributed by atoms with Gasteiger partial charge in [-0.15, -0.1) is 0 Å². The zero-order valence-electron chi connectivity index (χ0n) is 14.8. The van der Waals surface area contributed by atoms with Crippen molar-refractivity contribution in [3.05, 3.63) is 94.5 Å². The number of hydrogen-bond acceptors (Lipinski definition) is 5. The minimum absolute atomic E-state index is 0.198. The second-order valence-corrected chi connectivity index (χ2v) is 6.72. The van der Waals surface area contributed by atoms with E-state index in [-0.39, 0.29) is 13.2 Å². The van der Waals surface area contributed by atoms with Crippen molar-refractivity contribution >= 4 is 27.9 Å². The SMILES string of the molecule is O=C(COc1ccc(Br)cc1)Oc1ccc(C(=O)OCc2ccccc2)cc1. The van der Waals surface area contributed by atoms with Crippen LogP contribution in [-0.4, -0.2) is 18.5 Å². The van der Waals surface area contributed by atoms with Crippen LogP contribution in [-0.2, 0) is 16.1 Å². The maximum atomic E-state index is 12.1. The summed E-state index contributed by atoms with van der Waals surface area (Å²) in [6, 6.07) is 22.7. The Labute approximate surface area is 171 Å². The molecule has 0 aliphatic rings. The summed E-state index contributed by atoms with van der Waals surface area (Å²) in [6.07, 6.45) is 0. The highest BCUT2D eigenvalue weighted by Crippen LogP contribution is 2.17. The van der Waals surface area contributed by atoms with Crippen LogP contribution in [0.5, 0.6) is 11.5 Å². The van der Waals surface area contributed by atoms with Crippen LogP contribution in [0.25, 0.3) is 0 Å². The summed E-state index contributed by atoms with van der Waals surface area (Å²) < 4.78 is 16.7. The van der Waals surface area contributed by atoms with Gasteiger partial charge in [0.25, 0.3) is 0 Å². The first-order valence-corrected chi connectivity index (χ1v) is 9.29. The van der Waals surface area contributed by atoms with Crippen molar-refractivity contribution in [1.29, 1.82) is 0 Å². The normalized spacial score (nSPS) is 10.2. The highest BCUT2D eigenvalue weighted by atomic mass is 79.9. The van der Waals surface area contributed by atoms with Gasteiger partial charge < -0.3 is 14.2 Å². The van der Waals surface area contributed by atoms with Gasteiger partial charge in [-0.05, 0) is 54.1 Å². The molecule has 0 spiro atoms. The number of halogens is 1. The van der Waals surface area contributed by atoms with Crippen molar-refractivity contribution < 1.29 is 23.8 Å². The van der Waals surface area contributed by atoms with Gasteiger partial charge in [-0.1, -0.05) is 46.3 Å². The van der Waals surface area contributed by atoms with E-state index in [1.807, 2.05) is 42.5 Å². The van der Waals surface area contributed by atoms with Gasteiger partial charge in [-0.2, -0.15) is 0 Å². The number of hydrogen-bond donors (Lipinski definition) is 0. The Hall–Kier alpha value is -3.12. The van der Waals surface area contributed by atoms with E-state index >= 15 is 0 Å². The molecule has 3 rings (SSSR count). The molecule has 5 nitrogen and oxygen atoms in total. The standard InChI is InChI=1S/C22H17BrO5/c23-18-8-12-19(13-9-18)26-15-21(24)28-20-10-6-17(7-11-20)22(25)27-14-16-4-2-1-3-5-16/h1-13H,14-15H2. The maximum absolute atomic E-state index is 12.1. The summed E-state index contributed by atoms with van der Waals surface area (Å²) in [6.45, 7) is -0.0215. The van der Waals surface area contributed by atoms with Crippen molar-refractivity contribution in [2.75, 3.05) is 6.61 Å². The van der Waals surface area contributed by atoms with E-state index in [0.717, 1.165) is 10.0 Å². The molecule has 0 fully saturated rings. The second-order valence-electron chi connectivity index (χ2n) is 5.80. The quantitative estimate of drug-likeness (QED) is 0.390. The Morgan fingerprint density at radius 1 is 0.786 bits per heavy atom. The van der Waals surface area contributed by atoms with Crippen molar-refractivity contribution in [1.82, 2.24) is 0 Å². The summed E-state index contributed by atoms with van der Waals surface area (Å²) >= 11 is 3.33. The highest BCUT2D eigenvalue weighted by Gasteiger charge is 2.10. The largest absolute Gasteiger partial charge is 0.482 e. The molecule has 0 saturated carbocycles. The average molecular weight is 441 g/mol. The first kappa shape index (κ1) is 19.6. The Morgan fingerprint density at radius 2 is 1.43 bits per heavy atom. The number of ether oxygens (including phenoxy) is 3. The van der Waals surface area contributed by atoms with Crippen LogP contribution in [0.1, 0.15) is 15.9 Å². The lowest BCUT2D eigenvalue weighted by atomic mass is 10.2. The molecular formula is C22H17BrO5. The zero-order chi connectivity index (χ0) is 19.8. The third-order valence-corrected chi connectivity index (χ3v) is 4.23. The van der Waals surface area contributed by atoms with Crippen molar-refractivity contribution in [2.24, 2.45) is 0 Å². The Kier molecular flexibility index (Phi) is 6.81. The van der Waals surface area contributed by atoms with Gasteiger partial charge in [0, 0.05) is 4.47 Å². The molecular weight excluding hydrogens is 424 g/mol. The fourth-order valence-corrected chi connectivity index (χ4v) is 2.56. The first-order valence-electron chi connectivity index (χ1n) is 8.50. The second kappa shape index (κ2) is 9.71. The zero-order valence-corrected chi connectivity index (χ0v) is 16.4. The van der Waals surface area contributed by atoms with Crippen LogP contribution in [0, 0.1) is 0 Å². The van der Waals surface area contributed by atoms with Crippen LogP contribution in [0.4, 0.5) is 0 Å². The van der Waals surface area contributed by atoms with Gasteiger partial charge in [-0.25, -0.2) is 9.59 Å². The third kappa shape index (κ3) is 5.96. The third-order valence-electron chi connectivity index (χ3n) is 3.70. The fourth-order valence-electron chi connectivity index (χ4n) is 2.30. The molecule has 0 saturated heterocycles. The predicted octanol–water partition coefficient (Wildman–Crippen LogP) is 4.79. The molecule has 142 valence electrons. The molecule has 0 heterocycles. The molecule has 6 heteroatoms. The van der Waals surface area contributed by atoms with Crippen molar-refractivity contribution in [2.45, 2.75) is 6.61 Å². The number of carbonyl (C=O) groups is 2. The highest BCUT2D eigenvalue weighted by molar-refractivity contribution is 9.10. The van der Waals surface area contributed by atoms with E-state index in [4.69, 9.17) is 14.2 Å². The summed E-state index contributed by atoms with van der Waals surface area (Å²) in [5.74, 6) is -0.0942. The van der Waals surface area contributed by atoms with E-state index in [2.05, 4.69) is 15.9 Å². The van der Waals surface area contributed by atoms with E-state index in [1.54, 1.807) is 24.3 Å². The number of benzene rings is 3. The summed E-state index contributed by atoms with van der Waals surface area (Å²) in [5, 5.41) is 0. The van der Waals surface area contributed by atoms with Crippen LogP contribution < -0.4 is 9.47 Å². The molecule has 3 aromatic carbocycles. The van der Waals surface area contributed by atoms with Gasteiger partial charge >= 0.3 is 11.9 Å². The number of rotatable bonds is 7. The Balaban J connectivity index is 1.47. The van der Waals surface area contributed by atoms with Gasteiger partial charge in [0.15, 0.2) is 6.61 Å². The maximum Gasteiger partial charge on any atom is 0.349 e. The summed E-state index contributed by atoms with van der Waals surface area (Å²) in [4.78, 5) is 24.0. The van der Waals surface area contributed by atoms with E-state index in [0.29, 0.717) is 17.1 Å². The molecule has 0 aromatic heterocycles. The lowest BCUT2D eigenvalue weighted by Crippen LogP contribution is -2.17. The smallest absolute Gasteiger partial charge is 0.349 e. The number of esters is 2. The fraction of sp³-hybridized carbons (Fsp3) is 0.0909. The van der Waals surface area contributed by atoms with Gasteiger partial charge in [0.1, 0.15) is 18.1 Å². The molecule has 0 aliphatic heterocycles. The summed E-state index contributed by atoms with van der Waals surface area (Å²) in [5.41, 5.74) is 1.29. The molecule has 0 radical (unpaired) electrons. The van der Waals surface area contributed by atoms with E-state index in [9.17, 15) is 9.59 Å². The topological polar surface area (TPSA) is 61.8 Å². The summed E-state index contributed by atoms with van der Waals surface area (Å²) in [7, 11) is 0. The van der Waals surface area contributed by atoms with Crippen LogP contribution in [0.2, 0.25) is 0 Å². The molecule has 28 heavy (non-hydrogen) atoms. The molecule has 0 amide bonds. The van der Waals surface area contributed by atoms with Crippen LogP contribution >= 0.6 is 15.9 Å². The molecule has 0 aliphatic carbocycles. The van der Waals surface area contributed by atoms with E-state index < -0.39 is 11.9 Å². The molecule has 3 aromatic rings. The Bertz CT molecular complexity index is 921. The van der Waals surface area contributed by atoms with Crippen LogP contribution in [0.15, 0.2) is 83.3 Å². The van der Waals surface area contributed by atoms with Gasteiger partial charge in [-0.3, -0.25) is 0 Å². The van der Waals surface area contributed by atoms with Crippen molar-refractivity contribution in [3.8, 4) is 11.5 Å². The lowest BCUT2D eigenvalue weighted by Gasteiger charge is -2.08. The first-order chi connectivity index (χ1) is 13.6. The monoisotopic (exact) mass is 440 g/mol. The van der Waals surface area contributed by atoms with Gasteiger partial charge in [0.05, 0.1) is 5.56 Å². The Morgan fingerprint density at radius 3 is 2.11 bits per heavy atom. The lowest BCUT2D eigenvalue weighted by molar-refractivity contribution is -0.136. The predicted molar refractivity (Wildman–Crippen MR) is 107 cm³/mol. The molecule has 0 bridgehead atoms. The van der Waals surface area contributed by atoms with Crippen LogP contribution in [0.3, 0.4) is 0 Å². The minimum atomic E-state index is -0.540. The average Bonchev–Trinajstić information content (AvgIpc) is 2.73. The minimum Gasteiger partial charge on any atom is -0.482 e. The van der Waals surface area contributed by atoms with E-state index in [1.165, 1.54) is 12.1 Å². The molecule has 0 unspecified atom stereocenters. The molecule has 0 atom stereocenters. The number of carbonyl (C=O) groups excluding carboxylic acids is 2. The van der Waals surface area contributed by atoms with Crippen molar-refractivity contribution in [3.63, 3.8) is 0 Å².